The fourth-order valence-corrected chi connectivity index (χ4v) is 1.84. The molecule has 0 aliphatic carbocycles. The van der Waals surface area contributed by atoms with Gasteiger partial charge in [0.2, 0.25) is 0 Å². The van der Waals surface area contributed by atoms with Gasteiger partial charge in [-0.3, -0.25) is 4.79 Å². The molecule has 0 aliphatic heterocycles. The third-order valence-electron chi connectivity index (χ3n) is 3.03. The van der Waals surface area contributed by atoms with Crippen LogP contribution in [0.15, 0.2) is 36.5 Å². The summed E-state index contributed by atoms with van der Waals surface area (Å²) in [5.74, 6) is -0.401. The summed E-state index contributed by atoms with van der Waals surface area (Å²) in [5.41, 5.74) is 0.952. The van der Waals surface area contributed by atoms with Gasteiger partial charge in [-0.2, -0.15) is 15.0 Å². The van der Waals surface area contributed by atoms with Crippen molar-refractivity contribution in [2.24, 2.45) is 0 Å². The number of hydrogen-bond acceptors (Lipinski definition) is 6. The number of benzene rings is 1. The van der Waals surface area contributed by atoms with Crippen molar-refractivity contribution < 1.29 is 19.7 Å². The summed E-state index contributed by atoms with van der Waals surface area (Å²) in [6, 6.07) is 9.20. The van der Waals surface area contributed by atoms with Crippen LogP contribution in [0.3, 0.4) is 0 Å². The van der Waals surface area contributed by atoms with Crippen molar-refractivity contribution in [3.8, 4) is 5.69 Å². The molecule has 0 aliphatic rings. The number of nitrogens with zero attached hydrogens (tertiary/aromatic N) is 3. The van der Waals surface area contributed by atoms with Gasteiger partial charge < -0.3 is 14.9 Å². The fraction of sp³-hybridized carbons (Fsp3) is 0.400. The molecule has 2 aromatic rings. The minimum Gasteiger partial charge on any atom is -0.463 e. The number of esters is 1. The highest BCUT2D eigenvalue weighted by Gasteiger charge is 2.23. The van der Waals surface area contributed by atoms with Crippen molar-refractivity contribution in [1.29, 1.82) is 0 Å². The maximum atomic E-state index is 11.2. The minimum absolute atomic E-state index is 0.211. The van der Waals surface area contributed by atoms with Crippen molar-refractivity contribution in [2.75, 3.05) is 6.61 Å². The molecule has 2 rings (SSSR count). The summed E-state index contributed by atoms with van der Waals surface area (Å²) >= 11 is 0. The molecule has 2 atom stereocenters. The first-order valence-electron chi connectivity index (χ1n) is 7.11. The van der Waals surface area contributed by atoms with Gasteiger partial charge in [-0.15, -0.1) is 0 Å². The molecule has 0 saturated heterocycles. The minimum atomic E-state index is -1.27. The van der Waals surface area contributed by atoms with E-state index in [1.807, 2.05) is 37.3 Å². The van der Waals surface area contributed by atoms with Crippen LogP contribution in [-0.2, 0) is 9.53 Å². The fourth-order valence-electron chi connectivity index (χ4n) is 1.84. The first-order valence-corrected chi connectivity index (χ1v) is 7.11. The van der Waals surface area contributed by atoms with E-state index in [1.165, 1.54) is 11.0 Å². The van der Waals surface area contributed by atoms with Gasteiger partial charge >= 0.3 is 5.97 Å². The first kappa shape index (κ1) is 16.1. The van der Waals surface area contributed by atoms with Gasteiger partial charge in [-0.1, -0.05) is 25.1 Å². The number of aliphatic hydroxyl groups is 2. The van der Waals surface area contributed by atoms with Gasteiger partial charge in [0, 0.05) is 6.42 Å². The molecular formula is C15H19N3O4. The third kappa shape index (κ3) is 4.12. The number of aromatic nitrogens is 3. The van der Waals surface area contributed by atoms with E-state index in [2.05, 4.69) is 10.2 Å². The zero-order valence-corrected chi connectivity index (χ0v) is 12.3. The number of para-hydroxylation sites is 1. The molecule has 1 aromatic heterocycles. The van der Waals surface area contributed by atoms with E-state index < -0.39 is 18.2 Å². The lowest BCUT2D eigenvalue weighted by Gasteiger charge is -2.15. The summed E-state index contributed by atoms with van der Waals surface area (Å²) in [5, 5.41) is 28.1. The van der Waals surface area contributed by atoms with E-state index in [1.54, 1.807) is 0 Å². The smallest absolute Gasteiger partial charge is 0.305 e. The molecule has 7 heteroatoms. The highest BCUT2D eigenvalue weighted by molar-refractivity contribution is 5.69. The van der Waals surface area contributed by atoms with E-state index >= 15 is 0 Å². The average molecular weight is 305 g/mol. The normalized spacial score (nSPS) is 13.6. The Bertz CT molecular complexity index is 600. The summed E-state index contributed by atoms with van der Waals surface area (Å²) in [6.07, 6.45) is -0.196. The highest BCUT2D eigenvalue weighted by Crippen LogP contribution is 2.15. The second-order valence-electron chi connectivity index (χ2n) is 4.84. The average Bonchev–Trinajstić information content (AvgIpc) is 3.03. The van der Waals surface area contributed by atoms with E-state index in [9.17, 15) is 15.0 Å². The number of carbonyl (C=O) groups excluding carboxylic acids is 1. The van der Waals surface area contributed by atoms with Crippen LogP contribution in [0.2, 0.25) is 0 Å². The van der Waals surface area contributed by atoms with E-state index in [0.29, 0.717) is 6.42 Å². The van der Waals surface area contributed by atoms with Crippen LogP contribution in [0.1, 0.15) is 31.6 Å². The Morgan fingerprint density at radius 1 is 1.32 bits per heavy atom. The van der Waals surface area contributed by atoms with Crippen molar-refractivity contribution >= 4 is 5.97 Å². The molecule has 22 heavy (non-hydrogen) atoms. The van der Waals surface area contributed by atoms with Gasteiger partial charge in [-0.05, 0) is 18.6 Å². The molecule has 0 amide bonds. The molecule has 1 aromatic carbocycles. The summed E-state index contributed by atoms with van der Waals surface area (Å²) in [7, 11) is 0. The quantitative estimate of drug-likeness (QED) is 0.741. The maximum absolute atomic E-state index is 11.2. The summed E-state index contributed by atoms with van der Waals surface area (Å²) in [6.45, 7) is 1.58. The molecule has 0 saturated carbocycles. The standard InChI is InChI=1S/C15H19N3O4/c1-2-6-14(20)22-10-13(19)15(21)12-9-16-18(17-12)11-7-4-3-5-8-11/h3-5,7-9,13,15,19,21H,2,6,10H2,1H3/t13-,15+/m1/s1. The van der Waals surface area contributed by atoms with E-state index in [4.69, 9.17) is 4.74 Å². The van der Waals surface area contributed by atoms with Crippen molar-refractivity contribution in [3.05, 3.63) is 42.2 Å². The second kappa shape index (κ2) is 7.67. The van der Waals surface area contributed by atoms with Crippen LogP contribution < -0.4 is 0 Å². The molecule has 0 radical (unpaired) electrons. The van der Waals surface area contributed by atoms with E-state index in [-0.39, 0.29) is 18.7 Å². The van der Waals surface area contributed by atoms with Gasteiger partial charge in [0.15, 0.2) is 0 Å². The van der Waals surface area contributed by atoms with Crippen LogP contribution in [0, 0.1) is 0 Å². The first-order chi connectivity index (χ1) is 10.6. The lowest BCUT2D eigenvalue weighted by molar-refractivity contribution is -0.149. The molecule has 7 nitrogen and oxygen atoms in total. The van der Waals surface area contributed by atoms with Gasteiger partial charge in [0.05, 0.1) is 11.9 Å². The van der Waals surface area contributed by atoms with Gasteiger partial charge in [-0.25, -0.2) is 0 Å². The Labute approximate surface area is 128 Å². The van der Waals surface area contributed by atoms with Crippen molar-refractivity contribution in [3.63, 3.8) is 0 Å². The van der Waals surface area contributed by atoms with Crippen LogP contribution in [0.5, 0.6) is 0 Å². The number of hydrogen-bond donors (Lipinski definition) is 2. The Kier molecular flexibility index (Phi) is 5.62. The monoisotopic (exact) mass is 305 g/mol. The highest BCUT2D eigenvalue weighted by atomic mass is 16.5. The Morgan fingerprint density at radius 3 is 2.73 bits per heavy atom. The summed E-state index contributed by atoms with van der Waals surface area (Å²) in [4.78, 5) is 12.6. The predicted octanol–water partition coefficient (Wildman–Crippen LogP) is 1.00. The van der Waals surface area contributed by atoms with Crippen LogP contribution in [-0.4, -0.2) is 43.9 Å². The van der Waals surface area contributed by atoms with E-state index in [0.717, 1.165) is 5.69 Å². The topological polar surface area (TPSA) is 97.5 Å². The molecular weight excluding hydrogens is 286 g/mol. The third-order valence-corrected chi connectivity index (χ3v) is 3.03. The zero-order chi connectivity index (χ0) is 15.9. The molecule has 118 valence electrons. The molecule has 0 unspecified atom stereocenters. The Balaban J connectivity index is 1.96. The lowest BCUT2D eigenvalue weighted by atomic mass is 10.1. The maximum Gasteiger partial charge on any atom is 0.305 e. The lowest BCUT2D eigenvalue weighted by Crippen LogP contribution is -2.26. The van der Waals surface area contributed by atoms with Gasteiger partial charge in [0.25, 0.3) is 0 Å². The van der Waals surface area contributed by atoms with Gasteiger partial charge in [0.1, 0.15) is 24.5 Å². The molecule has 1 heterocycles. The SMILES string of the molecule is CCCC(=O)OC[C@@H](O)[C@@H](O)c1cnn(-c2ccccc2)n1. The Morgan fingerprint density at radius 2 is 2.05 bits per heavy atom. The number of rotatable bonds is 7. The van der Waals surface area contributed by atoms with Crippen molar-refractivity contribution in [2.45, 2.75) is 32.0 Å². The van der Waals surface area contributed by atoms with Crippen molar-refractivity contribution in [1.82, 2.24) is 15.0 Å². The van der Waals surface area contributed by atoms with Crippen LogP contribution >= 0.6 is 0 Å². The Hall–Kier alpha value is -2.25. The van der Waals surface area contributed by atoms with Crippen LogP contribution in [0.4, 0.5) is 0 Å². The number of ether oxygens (including phenoxy) is 1. The molecule has 0 spiro atoms. The number of carbonyl (C=O) groups is 1. The predicted molar refractivity (Wildman–Crippen MR) is 78.2 cm³/mol. The number of aliphatic hydroxyl groups excluding tert-OH is 2. The second-order valence-corrected chi connectivity index (χ2v) is 4.84. The largest absolute Gasteiger partial charge is 0.463 e. The zero-order valence-electron chi connectivity index (χ0n) is 12.3. The summed E-state index contributed by atoms with van der Waals surface area (Å²) < 4.78 is 4.87. The van der Waals surface area contributed by atoms with Crippen LogP contribution in [0.25, 0.3) is 5.69 Å². The molecule has 2 N–H and O–H groups in total. The molecule has 0 bridgehead atoms. The molecule has 0 fully saturated rings.